The predicted octanol–water partition coefficient (Wildman–Crippen LogP) is 13.0. The third-order valence-electron chi connectivity index (χ3n) is 9.92. The second kappa shape index (κ2) is 11.9. The van der Waals surface area contributed by atoms with Crippen molar-refractivity contribution in [3.05, 3.63) is 182 Å². The molecular formula is C48H30N2O. The van der Waals surface area contributed by atoms with Crippen molar-refractivity contribution in [3.63, 3.8) is 0 Å². The van der Waals surface area contributed by atoms with Gasteiger partial charge in [0.25, 0.3) is 0 Å². The highest BCUT2D eigenvalue weighted by Crippen LogP contribution is 2.43. The largest absolute Gasteiger partial charge is 0.456 e. The van der Waals surface area contributed by atoms with Crippen molar-refractivity contribution in [3.8, 4) is 56.2 Å². The molecule has 0 aliphatic heterocycles. The Hall–Kier alpha value is -6.84. The fourth-order valence-corrected chi connectivity index (χ4v) is 7.59. The van der Waals surface area contributed by atoms with Gasteiger partial charge in [0.2, 0.25) is 0 Å². The topological polar surface area (TPSA) is 38.9 Å². The van der Waals surface area contributed by atoms with Crippen LogP contribution in [0.5, 0.6) is 0 Å². The van der Waals surface area contributed by atoms with E-state index in [-0.39, 0.29) is 0 Å². The summed E-state index contributed by atoms with van der Waals surface area (Å²) in [4.78, 5) is 10.6. The standard InChI is InChI=1S/C48H30N2O/c1-3-14-31(15-4-1)35-27-26-32-16-7-8-19-34(32)46(35)43-30-42(49-48(50-43)33-17-5-2-6-18-33)39-29-28-38(36-20-9-10-21-37(36)39)40-23-13-25-45-47(40)41-22-11-12-24-44(41)51-45/h1-30H. The Balaban J connectivity index is 1.24. The SMILES string of the molecule is c1ccc(-c2nc(-c3c(-c4ccccc4)ccc4ccccc34)cc(-c3ccc(-c4cccc5oc6ccccc6c45)c4ccccc34)n2)cc1. The number of rotatable bonds is 5. The van der Waals surface area contributed by atoms with Gasteiger partial charge in [-0.1, -0.05) is 164 Å². The monoisotopic (exact) mass is 650 g/mol. The zero-order valence-electron chi connectivity index (χ0n) is 27.6. The Morgan fingerprint density at radius 3 is 1.75 bits per heavy atom. The summed E-state index contributed by atoms with van der Waals surface area (Å²) in [7, 11) is 0. The molecule has 0 aliphatic rings. The van der Waals surface area contributed by atoms with Crippen LogP contribution in [0.25, 0.3) is 99.6 Å². The number of hydrogen-bond donors (Lipinski definition) is 0. The first-order valence-corrected chi connectivity index (χ1v) is 17.2. The minimum atomic E-state index is 0.692. The second-order valence-corrected chi connectivity index (χ2v) is 12.9. The van der Waals surface area contributed by atoms with Gasteiger partial charge in [-0.2, -0.15) is 0 Å². The molecule has 51 heavy (non-hydrogen) atoms. The summed E-state index contributed by atoms with van der Waals surface area (Å²) >= 11 is 0. The zero-order chi connectivity index (χ0) is 33.7. The van der Waals surface area contributed by atoms with Crippen LogP contribution in [0.3, 0.4) is 0 Å². The molecule has 0 saturated heterocycles. The molecule has 0 spiro atoms. The zero-order valence-corrected chi connectivity index (χ0v) is 27.6. The van der Waals surface area contributed by atoms with Crippen LogP contribution in [-0.2, 0) is 0 Å². The summed E-state index contributed by atoms with van der Waals surface area (Å²) in [6, 6.07) is 63.8. The lowest BCUT2D eigenvalue weighted by atomic mass is 9.90. The minimum Gasteiger partial charge on any atom is -0.456 e. The van der Waals surface area contributed by atoms with E-state index in [1.807, 2.05) is 30.3 Å². The van der Waals surface area contributed by atoms with Gasteiger partial charge in [-0.25, -0.2) is 9.97 Å². The van der Waals surface area contributed by atoms with Crippen LogP contribution in [0, 0.1) is 0 Å². The minimum absolute atomic E-state index is 0.692. The van der Waals surface area contributed by atoms with Gasteiger partial charge in [0.05, 0.1) is 11.4 Å². The molecule has 0 bridgehead atoms. The molecule has 0 aliphatic carbocycles. The smallest absolute Gasteiger partial charge is 0.160 e. The van der Waals surface area contributed by atoms with E-state index in [1.165, 1.54) is 5.39 Å². The van der Waals surface area contributed by atoms with E-state index in [9.17, 15) is 0 Å². The van der Waals surface area contributed by atoms with Crippen LogP contribution in [0.1, 0.15) is 0 Å². The Morgan fingerprint density at radius 2 is 0.941 bits per heavy atom. The molecule has 8 aromatic carbocycles. The lowest BCUT2D eigenvalue weighted by molar-refractivity contribution is 0.669. The van der Waals surface area contributed by atoms with Crippen molar-refractivity contribution in [2.24, 2.45) is 0 Å². The second-order valence-electron chi connectivity index (χ2n) is 12.9. The summed E-state index contributed by atoms with van der Waals surface area (Å²) in [6.07, 6.45) is 0. The van der Waals surface area contributed by atoms with Gasteiger partial charge in [0.15, 0.2) is 5.82 Å². The lowest BCUT2D eigenvalue weighted by Gasteiger charge is -2.17. The summed E-state index contributed by atoms with van der Waals surface area (Å²) in [6.45, 7) is 0. The van der Waals surface area contributed by atoms with Crippen LogP contribution >= 0.6 is 0 Å². The number of hydrogen-bond acceptors (Lipinski definition) is 3. The molecule has 2 heterocycles. The summed E-state index contributed by atoms with van der Waals surface area (Å²) in [5.41, 5.74) is 11.3. The molecule has 0 atom stereocenters. The number of furan rings is 1. The number of aromatic nitrogens is 2. The van der Waals surface area contributed by atoms with Crippen LogP contribution in [0.15, 0.2) is 186 Å². The van der Waals surface area contributed by atoms with Gasteiger partial charge in [-0.15, -0.1) is 0 Å². The average molecular weight is 651 g/mol. The summed E-state index contributed by atoms with van der Waals surface area (Å²) in [5, 5.41) is 6.86. The maximum Gasteiger partial charge on any atom is 0.160 e. The van der Waals surface area contributed by atoms with Crippen LogP contribution in [0.4, 0.5) is 0 Å². The van der Waals surface area contributed by atoms with Gasteiger partial charge in [-0.05, 0) is 62.0 Å². The molecule has 10 rings (SSSR count). The highest BCUT2D eigenvalue weighted by Gasteiger charge is 2.20. The third kappa shape index (κ3) is 4.90. The van der Waals surface area contributed by atoms with Gasteiger partial charge >= 0.3 is 0 Å². The predicted molar refractivity (Wildman–Crippen MR) is 212 cm³/mol. The van der Waals surface area contributed by atoms with Gasteiger partial charge in [0.1, 0.15) is 11.2 Å². The Bertz CT molecular complexity index is 2910. The number of nitrogens with zero attached hydrogens (tertiary/aromatic N) is 2. The lowest BCUT2D eigenvalue weighted by Crippen LogP contribution is -1.98. The molecule has 0 unspecified atom stereocenters. The van der Waals surface area contributed by atoms with Crippen molar-refractivity contribution >= 4 is 43.5 Å². The molecule has 238 valence electrons. The fourth-order valence-electron chi connectivity index (χ4n) is 7.59. The molecule has 3 nitrogen and oxygen atoms in total. The fraction of sp³-hybridized carbons (Fsp3) is 0. The van der Waals surface area contributed by atoms with Crippen LogP contribution in [-0.4, -0.2) is 9.97 Å². The number of benzene rings is 8. The first-order valence-electron chi connectivity index (χ1n) is 17.2. The molecule has 0 radical (unpaired) electrons. The molecular weight excluding hydrogens is 621 g/mol. The van der Waals surface area contributed by atoms with E-state index in [4.69, 9.17) is 14.4 Å². The van der Waals surface area contributed by atoms with Crippen molar-refractivity contribution in [2.75, 3.05) is 0 Å². The van der Waals surface area contributed by atoms with Crippen molar-refractivity contribution in [1.82, 2.24) is 9.97 Å². The van der Waals surface area contributed by atoms with E-state index in [0.29, 0.717) is 5.82 Å². The molecule has 3 heteroatoms. The molecule has 0 saturated carbocycles. The molecule has 0 N–H and O–H groups in total. The molecule has 0 amide bonds. The van der Waals surface area contributed by atoms with Gasteiger partial charge < -0.3 is 4.42 Å². The summed E-state index contributed by atoms with van der Waals surface area (Å²) < 4.78 is 6.29. The Morgan fingerprint density at radius 1 is 0.353 bits per heavy atom. The summed E-state index contributed by atoms with van der Waals surface area (Å²) in [5.74, 6) is 0.692. The number of fused-ring (bicyclic) bond motifs is 5. The normalized spacial score (nSPS) is 11.5. The van der Waals surface area contributed by atoms with Crippen LogP contribution < -0.4 is 0 Å². The van der Waals surface area contributed by atoms with Crippen molar-refractivity contribution in [1.29, 1.82) is 0 Å². The molecule has 0 fully saturated rings. The van der Waals surface area contributed by atoms with E-state index < -0.39 is 0 Å². The Kier molecular flexibility index (Phi) is 6.81. The van der Waals surface area contributed by atoms with E-state index in [1.54, 1.807) is 0 Å². The number of para-hydroxylation sites is 1. The van der Waals surface area contributed by atoms with Gasteiger partial charge in [-0.3, -0.25) is 0 Å². The van der Waals surface area contributed by atoms with E-state index >= 15 is 0 Å². The van der Waals surface area contributed by atoms with Crippen molar-refractivity contribution < 1.29 is 4.42 Å². The van der Waals surface area contributed by atoms with Gasteiger partial charge in [0, 0.05) is 27.5 Å². The quantitative estimate of drug-likeness (QED) is 0.186. The Labute approximate surface area is 295 Å². The third-order valence-corrected chi connectivity index (χ3v) is 9.92. The first kappa shape index (κ1) is 29.1. The maximum absolute atomic E-state index is 6.29. The molecule has 2 aromatic heterocycles. The average Bonchev–Trinajstić information content (AvgIpc) is 3.60. The highest BCUT2D eigenvalue weighted by molar-refractivity contribution is 6.16. The van der Waals surface area contributed by atoms with E-state index in [0.717, 1.165) is 88.4 Å². The first-order chi connectivity index (χ1) is 25.3. The molecule has 10 aromatic rings. The van der Waals surface area contributed by atoms with Crippen molar-refractivity contribution in [2.45, 2.75) is 0 Å². The maximum atomic E-state index is 6.29. The van der Waals surface area contributed by atoms with E-state index in [2.05, 4.69) is 152 Å². The van der Waals surface area contributed by atoms with Crippen LogP contribution in [0.2, 0.25) is 0 Å². The highest BCUT2D eigenvalue weighted by atomic mass is 16.3.